The number of nitrogens with one attached hydrogen (secondary N) is 2. The average molecular weight is 365 g/mol. The van der Waals surface area contributed by atoms with E-state index in [9.17, 15) is 4.79 Å². The minimum atomic E-state index is -0.486. The number of carbonyl (C=O) groups is 1. The highest BCUT2D eigenvalue weighted by atomic mass is 127. The van der Waals surface area contributed by atoms with Crippen LogP contribution in [0.3, 0.4) is 0 Å². The highest BCUT2D eigenvalue weighted by molar-refractivity contribution is 14.1. The predicted octanol–water partition coefficient (Wildman–Crippen LogP) is 2.51. The van der Waals surface area contributed by atoms with Gasteiger partial charge < -0.3 is 15.5 Å². The third kappa shape index (κ3) is 4.15. The SMILES string of the molecule is CC1CN/C(=C(/I)C=N)CN1C(=O)OC(C)(C)C. The van der Waals surface area contributed by atoms with Gasteiger partial charge in [0.15, 0.2) is 0 Å². The summed E-state index contributed by atoms with van der Waals surface area (Å²) in [4.78, 5) is 13.8. The molecule has 1 unspecified atom stereocenters. The van der Waals surface area contributed by atoms with Gasteiger partial charge in [-0.05, 0) is 50.3 Å². The first kappa shape index (κ1) is 15.3. The number of nitrogens with zero attached hydrogens (tertiary/aromatic N) is 1. The minimum absolute atomic E-state index is 0.0820. The van der Waals surface area contributed by atoms with Crippen molar-refractivity contribution in [1.82, 2.24) is 10.2 Å². The minimum Gasteiger partial charge on any atom is -0.444 e. The number of rotatable bonds is 1. The van der Waals surface area contributed by atoms with Crippen LogP contribution in [0.5, 0.6) is 0 Å². The molecular weight excluding hydrogens is 345 g/mol. The van der Waals surface area contributed by atoms with Crippen LogP contribution in [-0.2, 0) is 4.74 Å². The fraction of sp³-hybridized carbons (Fsp3) is 0.667. The van der Waals surface area contributed by atoms with Crippen molar-refractivity contribution in [1.29, 1.82) is 5.41 Å². The molecular formula is C12H20IN3O2. The molecule has 102 valence electrons. The zero-order chi connectivity index (χ0) is 13.9. The van der Waals surface area contributed by atoms with Crippen LogP contribution >= 0.6 is 22.6 Å². The summed E-state index contributed by atoms with van der Waals surface area (Å²) in [6.45, 7) is 8.69. The zero-order valence-corrected chi connectivity index (χ0v) is 13.4. The van der Waals surface area contributed by atoms with Gasteiger partial charge in [0.25, 0.3) is 0 Å². The number of ether oxygens (including phenoxy) is 1. The van der Waals surface area contributed by atoms with Gasteiger partial charge in [-0.15, -0.1) is 0 Å². The first-order chi connectivity index (χ1) is 8.24. The molecule has 0 bridgehead atoms. The number of amides is 1. The maximum Gasteiger partial charge on any atom is 0.410 e. The Kier molecular flexibility index (Phi) is 5.01. The molecule has 0 aromatic rings. The third-order valence-electron chi connectivity index (χ3n) is 2.51. The number of allylic oxidation sites excluding steroid dienone is 1. The van der Waals surface area contributed by atoms with Gasteiger partial charge >= 0.3 is 6.09 Å². The van der Waals surface area contributed by atoms with E-state index in [0.717, 1.165) is 9.28 Å². The summed E-state index contributed by atoms with van der Waals surface area (Å²) in [6, 6.07) is 0.0820. The molecule has 1 amide bonds. The van der Waals surface area contributed by atoms with E-state index in [2.05, 4.69) is 27.9 Å². The van der Waals surface area contributed by atoms with Gasteiger partial charge in [-0.2, -0.15) is 0 Å². The Labute approximate surface area is 122 Å². The summed E-state index contributed by atoms with van der Waals surface area (Å²) in [7, 11) is 0. The topological polar surface area (TPSA) is 65.4 Å². The van der Waals surface area contributed by atoms with Gasteiger partial charge in [0.1, 0.15) is 5.60 Å². The Morgan fingerprint density at radius 3 is 2.72 bits per heavy atom. The number of halogens is 1. The molecule has 18 heavy (non-hydrogen) atoms. The molecule has 0 radical (unpaired) electrons. The van der Waals surface area contributed by atoms with Crippen LogP contribution in [0.15, 0.2) is 9.28 Å². The molecule has 1 aliphatic rings. The second-order valence-electron chi connectivity index (χ2n) is 5.31. The summed E-state index contributed by atoms with van der Waals surface area (Å²) in [5.74, 6) is 0. The predicted molar refractivity (Wildman–Crippen MR) is 80.2 cm³/mol. The Morgan fingerprint density at radius 1 is 1.61 bits per heavy atom. The van der Waals surface area contributed by atoms with Gasteiger partial charge in [0.2, 0.25) is 0 Å². The van der Waals surface area contributed by atoms with Crippen LogP contribution in [0.25, 0.3) is 0 Å². The summed E-state index contributed by atoms with van der Waals surface area (Å²) < 4.78 is 6.20. The average Bonchev–Trinajstić information content (AvgIpc) is 2.26. The highest BCUT2D eigenvalue weighted by Gasteiger charge is 2.30. The lowest BCUT2D eigenvalue weighted by molar-refractivity contribution is 0.0168. The zero-order valence-electron chi connectivity index (χ0n) is 11.2. The first-order valence-electron chi connectivity index (χ1n) is 5.87. The Bertz CT molecular complexity index is 374. The maximum atomic E-state index is 12.1. The highest BCUT2D eigenvalue weighted by Crippen LogP contribution is 2.18. The first-order valence-corrected chi connectivity index (χ1v) is 6.95. The van der Waals surface area contributed by atoms with Crippen molar-refractivity contribution in [2.45, 2.75) is 39.3 Å². The quantitative estimate of drug-likeness (QED) is 0.554. The maximum absolute atomic E-state index is 12.1. The van der Waals surface area contributed by atoms with E-state index in [4.69, 9.17) is 10.1 Å². The van der Waals surface area contributed by atoms with Crippen molar-refractivity contribution in [3.8, 4) is 0 Å². The number of carbonyl (C=O) groups excluding carboxylic acids is 1. The molecule has 0 saturated carbocycles. The van der Waals surface area contributed by atoms with Crippen molar-refractivity contribution in [3.63, 3.8) is 0 Å². The Balaban J connectivity index is 2.80. The van der Waals surface area contributed by atoms with E-state index in [1.165, 1.54) is 6.21 Å². The normalized spacial score (nSPS) is 23.2. The largest absolute Gasteiger partial charge is 0.444 e. The van der Waals surface area contributed by atoms with Crippen LogP contribution in [0.1, 0.15) is 27.7 Å². The van der Waals surface area contributed by atoms with Crippen LogP contribution in [0, 0.1) is 5.41 Å². The van der Waals surface area contributed by atoms with E-state index >= 15 is 0 Å². The molecule has 1 fully saturated rings. The van der Waals surface area contributed by atoms with Crippen LogP contribution in [0.4, 0.5) is 4.79 Å². The summed E-state index contributed by atoms with van der Waals surface area (Å²) >= 11 is 2.09. The lowest BCUT2D eigenvalue weighted by Crippen LogP contribution is -2.52. The van der Waals surface area contributed by atoms with E-state index in [1.54, 1.807) is 4.90 Å². The van der Waals surface area contributed by atoms with Gasteiger partial charge in [0.05, 0.1) is 10.1 Å². The molecule has 1 rings (SSSR count). The summed E-state index contributed by atoms with van der Waals surface area (Å²) in [5.41, 5.74) is 0.412. The molecule has 1 saturated heterocycles. The van der Waals surface area contributed by atoms with Crippen molar-refractivity contribution in [2.75, 3.05) is 13.1 Å². The second-order valence-corrected chi connectivity index (χ2v) is 6.47. The monoisotopic (exact) mass is 365 g/mol. The van der Waals surface area contributed by atoms with Crippen molar-refractivity contribution < 1.29 is 9.53 Å². The molecule has 0 spiro atoms. The van der Waals surface area contributed by atoms with Gasteiger partial charge in [-0.1, -0.05) is 0 Å². The van der Waals surface area contributed by atoms with E-state index < -0.39 is 5.60 Å². The van der Waals surface area contributed by atoms with E-state index in [-0.39, 0.29) is 12.1 Å². The van der Waals surface area contributed by atoms with Crippen LogP contribution in [0.2, 0.25) is 0 Å². The van der Waals surface area contributed by atoms with Crippen LogP contribution in [-0.4, -0.2) is 41.9 Å². The lowest BCUT2D eigenvalue weighted by Gasteiger charge is -2.37. The Morgan fingerprint density at radius 2 is 2.22 bits per heavy atom. The van der Waals surface area contributed by atoms with Gasteiger partial charge in [-0.25, -0.2) is 4.79 Å². The fourth-order valence-corrected chi connectivity index (χ4v) is 1.94. The molecule has 1 aliphatic heterocycles. The third-order valence-corrected chi connectivity index (χ3v) is 3.48. The molecule has 0 aliphatic carbocycles. The Hall–Kier alpha value is -0.790. The molecule has 2 N–H and O–H groups in total. The number of piperazine rings is 1. The van der Waals surface area contributed by atoms with Crippen LogP contribution < -0.4 is 5.32 Å². The molecule has 1 atom stereocenters. The lowest BCUT2D eigenvalue weighted by atomic mass is 10.2. The van der Waals surface area contributed by atoms with Gasteiger partial charge in [-0.3, -0.25) is 4.90 Å². The molecule has 0 aromatic carbocycles. The molecule has 0 aromatic heterocycles. The number of hydrogen-bond donors (Lipinski definition) is 2. The standard InChI is InChI=1S/C12H20IN3O2/c1-8-6-15-10(9(13)5-14)7-16(8)11(17)18-12(2,3)4/h5,8,14-15H,6-7H2,1-4H3/b10-9+,14-5?. The summed E-state index contributed by atoms with van der Waals surface area (Å²) in [6.07, 6.45) is 0.981. The summed E-state index contributed by atoms with van der Waals surface area (Å²) in [5, 5.41) is 10.5. The number of hydrogen-bond acceptors (Lipinski definition) is 4. The van der Waals surface area contributed by atoms with Crippen molar-refractivity contribution >= 4 is 34.9 Å². The molecule has 5 nitrogen and oxygen atoms in total. The molecule has 6 heteroatoms. The smallest absolute Gasteiger partial charge is 0.410 e. The van der Waals surface area contributed by atoms with Crippen molar-refractivity contribution in [3.05, 3.63) is 9.28 Å². The molecule has 1 heterocycles. The van der Waals surface area contributed by atoms with E-state index in [1.807, 2.05) is 27.7 Å². The van der Waals surface area contributed by atoms with Gasteiger partial charge in [0, 0.05) is 24.5 Å². The van der Waals surface area contributed by atoms with Crippen molar-refractivity contribution in [2.24, 2.45) is 0 Å². The fourth-order valence-electron chi connectivity index (χ4n) is 1.58. The second kappa shape index (κ2) is 5.90. The van der Waals surface area contributed by atoms with E-state index in [0.29, 0.717) is 13.1 Å².